The van der Waals surface area contributed by atoms with Crippen LogP contribution in [0.3, 0.4) is 0 Å². The molecule has 1 aromatic carbocycles. The molecule has 0 atom stereocenters. The van der Waals surface area contributed by atoms with Gasteiger partial charge in [0.25, 0.3) is 11.8 Å². The largest absolute Gasteiger partial charge is 0.395 e. The van der Waals surface area contributed by atoms with Crippen LogP contribution in [-0.2, 0) is 9.59 Å². The summed E-state index contributed by atoms with van der Waals surface area (Å²) in [4.78, 5) is 31.9. The number of aryl methyl sites for hydroxylation is 1. The van der Waals surface area contributed by atoms with E-state index in [1.54, 1.807) is 0 Å². The fraction of sp³-hybridized carbons (Fsp3) is 0.524. The van der Waals surface area contributed by atoms with Gasteiger partial charge in [0.1, 0.15) is 5.70 Å². The average Bonchev–Trinajstić information content (AvgIpc) is 2.92. The molecule has 0 bridgehead atoms. The van der Waals surface area contributed by atoms with Gasteiger partial charge in [-0.15, -0.1) is 0 Å². The Morgan fingerprint density at radius 3 is 2.22 bits per heavy atom. The second-order valence-corrected chi connectivity index (χ2v) is 7.26. The third kappa shape index (κ3) is 4.06. The SMILES string of the molecule is CCCCN1C(=O)C(c2ccc(C)cc2)=C(N2CCN(CCO)CC2)C1=O. The highest BCUT2D eigenvalue weighted by Crippen LogP contribution is 2.32. The molecule has 2 amide bonds. The van der Waals surface area contributed by atoms with E-state index in [2.05, 4.69) is 16.7 Å². The van der Waals surface area contributed by atoms with E-state index in [0.717, 1.165) is 37.1 Å². The number of aliphatic hydroxyl groups excluding tert-OH is 1. The summed E-state index contributed by atoms with van der Waals surface area (Å²) in [6.07, 6.45) is 1.75. The molecular weight excluding hydrogens is 342 g/mol. The summed E-state index contributed by atoms with van der Waals surface area (Å²) in [5.74, 6) is -0.343. The highest BCUT2D eigenvalue weighted by molar-refractivity contribution is 6.35. The number of piperazine rings is 1. The van der Waals surface area contributed by atoms with E-state index in [4.69, 9.17) is 5.11 Å². The molecule has 1 aromatic rings. The molecule has 2 aliphatic heterocycles. The summed E-state index contributed by atoms with van der Waals surface area (Å²) in [6.45, 7) is 8.25. The summed E-state index contributed by atoms with van der Waals surface area (Å²) >= 11 is 0. The lowest BCUT2D eigenvalue weighted by atomic mass is 10.0. The van der Waals surface area contributed by atoms with Gasteiger partial charge in [0.05, 0.1) is 12.2 Å². The molecule has 0 aliphatic carbocycles. The predicted molar refractivity (Wildman–Crippen MR) is 105 cm³/mol. The van der Waals surface area contributed by atoms with E-state index in [1.165, 1.54) is 4.90 Å². The van der Waals surface area contributed by atoms with Gasteiger partial charge in [-0.25, -0.2) is 0 Å². The van der Waals surface area contributed by atoms with Crippen LogP contribution in [0, 0.1) is 6.92 Å². The summed E-state index contributed by atoms with van der Waals surface area (Å²) in [6, 6.07) is 7.82. The number of imide groups is 1. The molecule has 0 saturated carbocycles. The molecule has 2 heterocycles. The molecule has 146 valence electrons. The fourth-order valence-corrected chi connectivity index (χ4v) is 3.69. The van der Waals surface area contributed by atoms with Crippen molar-refractivity contribution in [3.8, 4) is 0 Å². The number of carbonyl (C=O) groups is 2. The van der Waals surface area contributed by atoms with Crippen LogP contribution in [0.5, 0.6) is 0 Å². The number of nitrogens with zero attached hydrogens (tertiary/aromatic N) is 3. The number of rotatable bonds is 7. The van der Waals surface area contributed by atoms with E-state index in [1.807, 2.05) is 31.2 Å². The standard InChI is InChI=1S/C21H29N3O3/c1-3-4-9-24-20(26)18(17-7-5-16(2)6-8-17)19(21(24)27)23-12-10-22(11-13-23)14-15-25/h5-8,25H,3-4,9-15H2,1-2H3. The maximum Gasteiger partial charge on any atom is 0.277 e. The number of hydrogen-bond acceptors (Lipinski definition) is 5. The number of β-amino-alcohol motifs (C(OH)–C–C–N with tert-alkyl or cyclic N) is 1. The normalized spacial score (nSPS) is 18.8. The van der Waals surface area contributed by atoms with E-state index in [0.29, 0.717) is 37.4 Å². The van der Waals surface area contributed by atoms with Crippen molar-refractivity contribution in [2.75, 3.05) is 45.9 Å². The van der Waals surface area contributed by atoms with Gasteiger partial charge in [0.15, 0.2) is 0 Å². The zero-order chi connectivity index (χ0) is 19.4. The fourth-order valence-electron chi connectivity index (χ4n) is 3.69. The molecule has 0 aromatic heterocycles. The van der Waals surface area contributed by atoms with E-state index in [-0.39, 0.29) is 18.4 Å². The average molecular weight is 371 g/mol. The lowest BCUT2D eigenvalue weighted by Gasteiger charge is -2.36. The Balaban J connectivity index is 1.92. The Morgan fingerprint density at radius 1 is 0.963 bits per heavy atom. The van der Waals surface area contributed by atoms with Crippen molar-refractivity contribution in [3.05, 3.63) is 41.1 Å². The monoisotopic (exact) mass is 371 g/mol. The number of hydrogen-bond donors (Lipinski definition) is 1. The first-order chi connectivity index (χ1) is 13.1. The molecule has 0 radical (unpaired) electrons. The zero-order valence-corrected chi connectivity index (χ0v) is 16.3. The minimum Gasteiger partial charge on any atom is -0.395 e. The van der Waals surface area contributed by atoms with Gasteiger partial charge >= 0.3 is 0 Å². The Morgan fingerprint density at radius 2 is 1.63 bits per heavy atom. The van der Waals surface area contributed by atoms with Crippen LogP contribution in [0.25, 0.3) is 5.57 Å². The molecule has 1 fully saturated rings. The Hall–Kier alpha value is -2.18. The van der Waals surface area contributed by atoms with Gasteiger partial charge in [0, 0.05) is 39.3 Å². The second kappa shape index (κ2) is 8.67. The highest BCUT2D eigenvalue weighted by Gasteiger charge is 2.41. The van der Waals surface area contributed by atoms with Crippen molar-refractivity contribution in [2.24, 2.45) is 0 Å². The van der Waals surface area contributed by atoms with Crippen LogP contribution in [0.15, 0.2) is 30.0 Å². The summed E-state index contributed by atoms with van der Waals surface area (Å²) < 4.78 is 0. The molecule has 6 nitrogen and oxygen atoms in total. The predicted octanol–water partition coefficient (Wildman–Crippen LogP) is 1.48. The lowest BCUT2D eigenvalue weighted by Crippen LogP contribution is -2.48. The van der Waals surface area contributed by atoms with E-state index >= 15 is 0 Å². The number of aliphatic hydroxyl groups is 1. The number of carbonyl (C=O) groups excluding carboxylic acids is 2. The van der Waals surface area contributed by atoms with Crippen molar-refractivity contribution in [1.29, 1.82) is 0 Å². The summed E-state index contributed by atoms with van der Waals surface area (Å²) in [7, 11) is 0. The van der Waals surface area contributed by atoms with Gasteiger partial charge in [-0.3, -0.25) is 19.4 Å². The molecule has 2 aliphatic rings. The van der Waals surface area contributed by atoms with E-state index < -0.39 is 0 Å². The van der Waals surface area contributed by atoms with E-state index in [9.17, 15) is 9.59 Å². The van der Waals surface area contributed by atoms with Crippen LogP contribution in [0.1, 0.15) is 30.9 Å². The molecule has 1 saturated heterocycles. The Bertz CT molecular complexity index is 719. The zero-order valence-electron chi connectivity index (χ0n) is 16.3. The first-order valence-corrected chi connectivity index (χ1v) is 9.82. The smallest absolute Gasteiger partial charge is 0.277 e. The minimum absolute atomic E-state index is 0.138. The van der Waals surface area contributed by atoms with Crippen LogP contribution in [0.2, 0.25) is 0 Å². The third-order valence-corrected chi connectivity index (χ3v) is 5.32. The molecular formula is C21H29N3O3. The third-order valence-electron chi connectivity index (χ3n) is 5.32. The van der Waals surface area contributed by atoms with Gasteiger partial charge in [-0.05, 0) is 18.9 Å². The van der Waals surface area contributed by atoms with Crippen molar-refractivity contribution < 1.29 is 14.7 Å². The first kappa shape index (κ1) is 19.6. The Labute approximate surface area is 161 Å². The molecule has 6 heteroatoms. The number of unbranched alkanes of at least 4 members (excludes halogenated alkanes) is 1. The Kier molecular flexibility index (Phi) is 6.29. The van der Waals surface area contributed by atoms with Gasteiger partial charge < -0.3 is 10.0 Å². The van der Waals surface area contributed by atoms with Crippen LogP contribution in [0.4, 0.5) is 0 Å². The summed E-state index contributed by atoms with van der Waals surface area (Å²) in [5.41, 5.74) is 3.01. The highest BCUT2D eigenvalue weighted by atomic mass is 16.3. The lowest BCUT2D eigenvalue weighted by molar-refractivity contribution is -0.137. The second-order valence-electron chi connectivity index (χ2n) is 7.26. The molecule has 0 unspecified atom stereocenters. The van der Waals surface area contributed by atoms with Gasteiger partial charge in [-0.2, -0.15) is 0 Å². The van der Waals surface area contributed by atoms with Crippen molar-refractivity contribution in [3.63, 3.8) is 0 Å². The molecule has 27 heavy (non-hydrogen) atoms. The van der Waals surface area contributed by atoms with Crippen LogP contribution >= 0.6 is 0 Å². The minimum atomic E-state index is -0.176. The van der Waals surface area contributed by atoms with Gasteiger partial charge in [0.2, 0.25) is 0 Å². The molecule has 1 N–H and O–H groups in total. The van der Waals surface area contributed by atoms with Crippen LogP contribution in [-0.4, -0.2) is 77.5 Å². The van der Waals surface area contributed by atoms with Crippen molar-refractivity contribution >= 4 is 17.4 Å². The van der Waals surface area contributed by atoms with Crippen LogP contribution < -0.4 is 0 Å². The van der Waals surface area contributed by atoms with Crippen molar-refractivity contribution in [2.45, 2.75) is 26.7 Å². The maximum atomic E-state index is 13.1. The van der Waals surface area contributed by atoms with Crippen molar-refractivity contribution in [1.82, 2.24) is 14.7 Å². The maximum absolute atomic E-state index is 13.1. The topological polar surface area (TPSA) is 64.1 Å². The number of amides is 2. The summed E-state index contributed by atoms with van der Waals surface area (Å²) in [5, 5.41) is 9.13. The quantitative estimate of drug-likeness (QED) is 0.736. The van der Waals surface area contributed by atoms with Gasteiger partial charge in [-0.1, -0.05) is 43.2 Å². The first-order valence-electron chi connectivity index (χ1n) is 9.82. The molecule has 0 spiro atoms. The molecule has 3 rings (SSSR count). The number of benzene rings is 1.